The number of methoxy groups -OCH3 is 1. The van der Waals surface area contributed by atoms with E-state index >= 15 is 0 Å². The highest BCUT2D eigenvalue weighted by Crippen LogP contribution is 2.24. The van der Waals surface area contributed by atoms with Gasteiger partial charge in [0.15, 0.2) is 0 Å². The molecule has 3 rings (SSSR count). The van der Waals surface area contributed by atoms with Gasteiger partial charge < -0.3 is 20.3 Å². The van der Waals surface area contributed by atoms with Crippen molar-refractivity contribution in [1.29, 1.82) is 0 Å². The SMILES string of the molecule is COC(=O)c1cccc(NC(=O)Nc2ccc(N3CCC(C)CC3)cc2)c1. The second-order valence-electron chi connectivity index (χ2n) is 6.87. The summed E-state index contributed by atoms with van der Waals surface area (Å²) in [5, 5.41) is 5.53. The molecule has 1 aliphatic rings. The van der Waals surface area contributed by atoms with Gasteiger partial charge in [0.05, 0.1) is 12.7 Å². The zero-order valence-electron chi connectivity index (χ0n) is 15.7. The molecule has 0 aromatic heterocycles. The molecule has 0 radical (unpaired) electrons. The molecule has 0 aliphatic carbocycles. The number of hydrogen-bond acceptors (Lipinski definition) is 4. The molecule has 27 heavy (non-hydrogen) atoms. The Balaban J connectivity index is 1.57. The van der Waals surface area contributed by atoms with Gasteiger partial charge in [-0.2, -0.15) is 0 Å². The molecule has 0 atom stereocenters. The first kappa shape index (κ1) is 18.8. The van der Waals surface area contributed by atoms with Crippen molar-refractivity contribution in [3.63, 3.8) is 0 Å². The standard InChI is InChI=1S/C21H25N3O3/c1-15-10-12-24(13-11-15)19-8-6-17(7-9-19)22-21(26)23-18-5-3-4-16(14-18)20(25)27-2/h3-9,14-15H,10-13H2,1-2H3,(H2,22,23,26). The Kier molecular flexibility index (Phi) is 5.96. The van der Waals surface area contributed by atoms with E-state index in [0.29, 0.717) is 16.9 Å². The molecule has 1 fully saturated rings. The summed E-state index contributed by atoms with van der Waals surface area (Å²) in [4.78, 5) is 26.2. The molecule has 2 aromatic rings. The molecule has 6 nitrogen and oxygen atoms in total. The monoisotopic (exact) mass is 367 g/mol. The number of piperidine rings is 1. The molecule has 1 aliphatic heterocycles. The molecule has 142 valence electrons. The van der Waals surface area contributed by atoms with Gasteiger partial charge in [0.25, 0.3) is 0 Å². The zero-order chi connectivity index (χ0) is 19.2. The molecule has 1 heterocycles. The van der Waals surface area contributed by atoms with Crippen LogP contribution in [0.4, 0.5) is 21.9 Å². The van der Waals surface area contributed by atoms with Crippen LogP contribution < -0.4 is 15.5 Å². The summed E-state index contributed by atoms with van der Waals surface area (Å²) in [7, 11) is 1.32. The molecule has 2 N–H and O–H groups in total. The minimum Gasteiger partial charge on any atom is -0.465 e. The number of urea groups is 1. The van der Waals surface area contributed by atoms with Gasteiger partial charge in [0, 0.05) is 30.2 Å². The van der Waals surface area contributed by atoms with E-state index in [-0.39, 0.29) is 6.03 Å². The first-order valence-electron chi connectivity index (χ1n) is 9.16. The van der Waals surface area contributed by atoms with Crippen LogP contribution in [0.1, 0.15) is 30.1 Å². The van der Waals surface area contributed by atoms with Crippen LogP contribution in [0.3, 0.4) is 0 Å². The van der Waals surface area contributed by atoms with E-state index in [4.69, 9.17) is 0 Å². The van der Waals surface area contributed by atoms with Crippen molar-refractivity contribution in [3.05, 3.63) is 54.1 Å². The molecule has 0 spiro atoms. The Morgan fingerprint density at radius 1 is 1.00 bits per heavy atom. The minimum atomic E-state index is -0.443. The second kappa shape index (κ2) is 8.58. The van der Waals surface area contributed by atoms with Gasteiger partial charge in [0.1, 0.15) is 0 Å². The third kappa shape index (κ3) is 5.00. The van der Waals surface area contributed by atoms with Crippen molar-refractivity contribution in [2.24, 2.45) is 5.92 Å². The summed E-state index contributed by atoms with van der Waals surface area (Å²) in [6.07, 6.45) is 2.43. The predicted molar refractivity (Wildman–Crippen MR) is 107 cm³/mol. The quantitative estimate of drug-likeness (QED) is 0.788. The van der Waals surface area contributed by atoms with Crippen molar-refractivity contribution in [2.75, 3.05) is 35.7 Å². The summed E-state index contributed by atoms with van der Waals surface area (Å²) in [5.74, 6) is 0.352. The average molecular weight is 367 g/mol. The van der Waals surface area contributed by atoms with Crippen LogP contribution >= 0.6 is 0 Å². The van der Waals surface area contributed by atoms with Crippen LogP contribution in [0.15, 0.2) is 48.5 Å². The van der Waals surface area contributed by atoms with E-state index in [1.54, 1.807) is 24.3 Å². The van der Waals surface area contributed by atoms with E-state index in [1.807, 2.05) is 24.3 Å². The second-order valence-corrected chi connectivity index (χ2v) is 6.87. The fourth-order valence-corrected chi connectivity index (χ4v) is 3.16. The Morgan fingerprint density at radius 3 is 2.33 bits per heavy atom. The maximum atomic E-state index is 12.2. The van der Waals surface area contributed by atoms with Crippen molar-refractivity contribution in [1.82, 2.24) is 0 Å². The maximum Gasteiger partial charge on any atom is 0.337 e. The number of anilines is 3. The summed E-state index contributed by atoms with van der Waals surface area (Å²) in [6, 6.07) is 14.1. The molecule has 2 amide bonds. The number of rotatable bonds is 4. The summed E-state index contributed by atoms with van der Waals surface area (Å²) < 4.78 is 4.69. The summed E-state index contributed by atoms with van der Waals surface area (Å²) in [5.41, 5.74) is 2.80. The van der Waals surface area contributed by atoms with Crippen molar-refractivity contribution in [3.8, 4) is 0 Å². The number of amides is 2. The molecule has 1 saturated heterocycles. The van der Waals surface area contributed by atoms with Gasteiger partial charge in [-0.1, -0.05) is 13.0 Å². The van der Waals surface area contributed by atoms with Crippen molar-refractivity contribution < 1.29 is 14.3 Å². The van der Waals surface area contributed by atoms with Crippen LogP contribution in [0.2, 0.25) is 0 Å². The van der Waals surface area contributed by atoms with Crippen LogP contribution in [-0.4, -0.2) is 32.2 Å². The highest BCUT2D eigenvalue weighted by atomic mass is 16.5. The molecule has 6 heteroatoms. The number of ether oxygens (including phenoxy) is 1. The Hall–Kier alpha value is -3.02. The number of esters is 1. The van der Waals surface area contributed by atoms with Gasteiger partial charge in [-0.15, -0.1) is 0 Å². The topological polar surface area (TPSA) is 70.7 Å². The lowest BCUT2D eigenvalue weighted by molar-refractivity contribution is 0.0600. The highest BCUT2D eigenvalue weighted by Gasteiger charge is 2.16. The average Bonchev–Trinajstić information content (AvgIpc) is 2.69. The van der Waals surface area contributed by atoms with Crippen molar-refractivity contribution >= 4 is 29.1 Å². The Morgan fingerprint density at radius 2 is 1.67 bits per heavy atom. The third-order valence-corrected chi connectivity index (χ3v) is 4.82. The van der Waals surface area contributed by atoms with E-state index in [9.17, 15) is 9.59 Å². The van der Waals surface area contributed by atoms with Crippen LogP contribution in [0.5, 0.6) is 0 Å². The minimum absolute atomic E-state index is 0.364. The van der Waals surface area contributed by atoms with Crippen LogP contribution in [0.25, 0.3) is 0 Å². The van der Waals surface area contributed by atoms with E-state index < -0.39 is 5.97 Å². The predicted octanol–water partition coefficient (Wildman–Crippen LogP) is 4.35. The van der Waals surface area contributed by atoms with Crippen LogP contribution in [-0.2, 0) is 4.74 Å². The van der Waals surface area contributed by atoms with Gasteiger partial charge in [0.2, 0.25) is 0 Å². The largest absolute Gasteiger partial charge is 0.465 e. The Labute approximate surface area is 159 Å². The van der Waals surface area contributed by atoms with E-state index in [0.717, 1.165) is 19.0 Å². The fraction of sp³-hybridized carbons (Fsp3) is 0.333. The number of carbonyl (C=O) groups excluding carboxylic acids is 2. The number of nitrogens with one attached hydrogen (secondary N) is 2. The van der Waals surface area contributed by atoms with Crippen LogP contribution in [0, 0.1) is 5.92 Å². The molecule has 0 unspecified atom stereocenters. The van der Waals surface area contributed by atoms with Crippen molar-refractivity contribution in [2.45, 2.75) is 19.8 Å². The first-order chi connectivity index (χ1) is 13.0. The molecular weight excluding hydrogens is 342 g/mol. The van der Waals surface area contributed by atoms with E-state index in [2.05, 4.69) is 27.2 Å². The highest BCUT2D eigenvalue weighted by molar-refractivity contribution is 6.00. The lowest BCUT2D eigenvalue weighted by Crippen LogP contribution is -2.32. The number of nitrogens with zero attached hydrogens (tertiary/aromatic N) is 1. The first-order valence-corrected chi connectivity index (χ1v) is 9.16. The van der Waals surface area contributed by atoms with Gasteiger partial charge in [-0.3, -0.25) is 0 Å². The maximum absolute atomic E-state index is 12.2. The Bertz CT molecular complexity index is 797. The third-order valence-electron chi connectivity index (χ3n) is 4.82. The molecule has 0 bridgehead atoms. The normalized spacial score (nSPS) is 14.5. The number of carbonyl (C=O) groups is 2. The molecule has 2 aromatic carbocycles. The lowest BCUT2D eigenvalue weighted by Gasteiger charge is -2.32. The smallest absolute Gasteiger partial charge is 0.337 e. The van der Waals surface area contributed by atoms with Gasteiger partial charge in [-0.25, -0.2) is 9.59 Å². The fourth-order valence-electron chi connectivity index (χ4n) is 3.16. The van der Waals surface area contributed by atoms with Gasteiger partial charge >= 0.3 is 12.0 Å². The van der Waals surface area contributed by atoms with E-state index in [1.165, 1.54) is 25.6 Å². The summed E-state index contributed by atoms with van der Waals surface area (Å²) in [6.45, 7) is 4.44. The molecular formula is C21H25N3O3. The zero-order valence-corrected chi connectivity index (χ0v) is 15.7. The number of benzene rings is 2. The van der Waals surface area contributed by atoms with Gasteiger partial charge in [-0.05, 0) is 61.2 Å². The molecule has 0 saturated carbocycles. The number of hydrogen-bond donors (Lipinski definition) is 2. The lowest BCUT2D eigenvalue weighted by atomic mass is 9.99. The summed E-state index contributed by atoms with van der Waals surface area (Å²) >= 11 is 0.